The van der Waals surface area contributed by atoms with Crippen LogP contribution in [-0.2, 0) is 22.1 Å². The van der Waals surface area contributed by atoms with Crippen molar-refractivity contribution >= 4 is 21.8 Å². The van der Waals surface area contributed by atoms with E-state index in [0.29, 0.717) is 12.1 Å². The van der Waals surface area contributed by atoms with E-state index in [9.17, 15) is 13.2 Å². The number of aryl methyl sites for hydroxylation is 3. The second-order valence-electron chi connectivity index (χ2n) is 6.64. The van der Waals surface area contributed by atoms with Crippen LogP contribution in [0.5, 0.6) is 0 Å². The predicted octanol–water partition coefficient (Wildman–Crippen LogP) is 1.26. The number of nitrogens with one attached hydrogen (secondary N) is 2. The zero-order valence-corrected chi connectivity index (χ0v) is 16.0. The Labute approximate surface area is 153 Å². The monoisotopic (exact) mass is 377 g/mol. The van der Waals surface area contributed by atoms with E-state index < -0.39 is 22.3 Å². The summed E-state index contributed by atoms with van der Waals surface area (Å²) in [5.41, 5.74) is 3.23. The minimum atomic E-state index is -3.77. The third-order valence-electron chi connectivity index (χ3n) is 4.62. The maximum Gasteiger partial charge on any atom is 0.280 e. The molecule has 0 radical (unpaired) electrons. The third-order valence-corrected chi connectivity index (χ3v) is 6.21. The highest BCUT2D eigenvalue weighted by atomic mass is 32.2. The summed E-state index contributed by atoms with van der Waals surface area (Å²) in [5.74, 6) is -0.354. The Morgan fingerprint density at radius 3 is 2.46 bits per heavy atom. The molecule has 0 aliphatic carbocycles. The first-order valence-electron chi connectivity index (χ1n) is 8.30. The van der Waals surface area contributed by atoms with Gasteiger partial charge in [-0.1, -0.05) is 17.7 Å². The highest BCUT2D eigenvalue weighted by Gasteiger charge is 2.41. The molecule has 0 saturated carbocycles. The Balaban J connectivity index is 1.85. The van der Waals surface area contributed by atoms with Gasteiger partial charge in [0.15, 0.2) is 0 Å². The summed E-state index contributed by atoms with van der Waals surface area (Å²) in [6.45, 7) is 3.78. The van der Waals surface area contributed by atoms with Crippen LogP contribution in [0.25, 0.3) is 0 Å². The van der Waals surface area contributed by atoms with Gasteiger partial charge in [-0.3, -0.25) is 9.48 Å². The van der Waals surface area contributed by atoms with E-state index in [1.165, 1.54) is 7.05 Å². The average molecular weight is 377 g/mol. The number of anilines is 1. The van der Waals surface area contributed by atoms with Crippen molar-refractivity contribution in [3.63, 3.8) is 0 Å². The molecule has 1 aromatic heterocycles. The van der Waals surface area contributed by atoms with E-state index in [2.05, 4.69) is 15.1 Å². The molecule has 26 heavy (non-hydrogen) atoms. The highest BCUT2D eigenvalue weighted by Crippen LogP contribution is 2.29. The van der Waals surface area contributed by atoms with Crippen LogP contribution in [-0.4, -0.2) is 41.5 Å². The Morgan fingerprint density at radius 1 is 1.23 bits per heavy atom. The number of amides is 1. The SMILES string of the molecule is Cc1ccc(NC(=O)[C@H]2C[C@@H](c3cn(C)nc3C)NS(=O)(=O)N2C)cc1. The number of carbonyl (C=O) groups is 1. The smallest absolute Gasteiger partial charge is 0.280 e. The van der Waals surface area contributed by atoms with E-state index in [0.717, 1.165) is 21.1 Å². The Morgan fingerprint density at radius 2 is 1.88 bits per heavy atom. The first-order valence-corrected chi connectivity index (χ1v) is 9.74. The van der Waals surface area contributed by atoms with E-state index in [4.69, 9.17) is 0 Å². The number of carbonyl (C=O) groups excluding carboxylic acids is 1. The summed E-state index contributed by atoms with van der Waals surface area (Å²) in [4.78, 5) is 12.8. The predicted molar refractivity (Wildman–Crippen MR) is 98.7 cm³/mol. The van der Waals surface area contributed by atoms with Crippen molar-refractivity contribution in [3.8, 4) is 0 Å². The largest absolute Gasteiger partial charge is 0.325 e. The van der Waals surface area contributed by atoms with Gasteiger partial charge < -0.3 is 5.32 Å². The molecule has 0 unspecified atom stereocenters. The van der Waals surface area contributed by atoms with Crippen molar-refractivity contribution in [2.24, 2.45) is 7.05 Å². The second-order valence-corrected chi connectivity index (χ2v) is 8.40. The summed E-state index contributed by atoms with van der Waals surface area (Å²) in [6.07, 6.45) is 2.10. The lowest BCUT2D eigenvalue weighted by Crippen LogP contribution is -2.56. The maximum atomic E-state index is 12.8. The quantitative estimate of drug-likeness (QED) is 0.841. The van der Waals surface area contributed by atoms with Gasteiger partial charge in [0, 0.05) is 31.5 Å². The van der Waals surface area contributed by atoms with Crippen LogP contribution >= 0.6 is 0 Å². The van der Waals surface area contributed by atoms with E-state index in [1.807, 2.05) is 26.0 Å². The van der Waals surface area contributed by atoms with Crippen LogP contribution in [0.4, 0.5) is 5.69 Å². The van der Waals surface area contributed by atoms with Crippen LogP contribution in [0.2, 0.25) is 0 Å². The number of benzene rings is 1. The van der Waals surface area contributed by atoms with Gasteiger partial charge in [0.05, 0.1) is 11.7 Å². The molecule has 1 fully saturated rings. The van der Waals surface area contributed by atoms with Crippen molar-refractivity contribution in [1.82, 2.24) is 18.8 Å². The molecule has 2 aromatic rings. The molecular formula is C17H23N5O3S. The van der Waals surface area contributed by atoms with Gasteiger partial charge in [0.25, 0.3) is 10.2 Å². The van der Waals surface area contributed by atoms with Crippen LogP contribution in [0, 0.1) is 13.8 Å². The average Bonchev–Trinajstić information content (AvgIpc) is 2.90. The van der Waals surface area contributed by atoms with Crippen LogP contribution in [0.3, 0.4) is 0 Å². The highest BCUT2D eigenvalue weighted by molar-refractivity contribution is 7.87. The summed E-state index contributed by atoms with van der Waals surface area (Å²) in [6, 6.07) is 6.06. The van der Waals surface area contributed by atoms with Gasteiger partial charge in [-0.15, -0.1) is 0 Å². The standard InChI is InChI=1S/C17H23N5O3S/c1-11-5-7-13(8-6-11)18-17(23)16-9-15(20-26(24,25)22(16)4)14-10-21(3)19-12(14)2/h5-8,10,15-16,20H,9H2,1-4H3,(H,18,23)/t15-,16+/m0/s1. The van der Waals surface area contributed by atoms with Crippen molar-refractivity contribution < 1.29 is 13.2 Å². The molecule has 0 bridgehead atoms. The molecule has 1 amide bonds. The first kappa shape index (κ1) is 18.6. The number of hydrogen-bond acceptors (Lipinski definition) is 4. The van der Waals surface area contributed by atoms with E-state index in [-0.39, 0.29) is 5.91 Å². The van der Waals surface area contributed by atoms with Crippen molar-refractivity contribution in [3.05, 3.63) is 47.3 Å². The molecule has 140 valence electrons. The Bertz CT molecular complexity index is 920. The molecule has 9 heteroatoms. The van der Waals surface area contributed by atoms with Crippen LogP contribution < -0.4 is 10.0 Å². The fraction of sp³-hybridized carbons (Fsp3) is 0.412. The molecule has 1 aliphatic rings. The molecule has 8 nitrogen and oxygen atoms in total. The summed E-state index contributed by atoms with van der Waals surface area (Å²) in [7, 11) is -0.584. The van der Waals surface area contributed by atoms with E-state index >= 15 is 0 Å². The number of hydrogen-bond donors (Lipinski definition) is 2. The van der Waals surface area contributed by atoms with Gasteiger partial charge in [0.2, 0.25) is 5.91 Å². The lowest BCUT2D eigenvalue weighted by molar-refractivity contribution is -0.120. The second kappa shape index (κ2) is 6.82. The molecule has 1 saturated heterocycles. The normalized spacial score (nSPS) is 22.9. The zero-order valence-electron chi connectivity index (χ0n) is 15.2. The van der Waals surface area contributed by atoms with Gasteiger partial charge >= 0.3 is 0 Å². The van der Waals surface area contributed by atoms with Crippen LogP contribution in [0.1, 0.15) is 29.3 Å². The number of rotatable bonds is 3. The minimum absolute atomic E-state index is 0.319. The maximum absolute atomic E-state index is 12.8. The number of nitrogens with zero attached hydrogens (tertiary/aromatic N) is 3. The first-order chi connectivity index (χ1) is 12.2. The van der Waals surface area contributed by atoms with Gasteiger partial charge in [-0.05, 0) is 32.4 Å². The third kappa shape index (κ3) is 3.64. The van der Waals surface area contributed by atoms with Gasteiger partial charge in [-0.2, -0.15) is 22.5 Å². The molecule has 2 atom stereocenters. The molecule has 2 N–H and O–H groups in total. The Hall–Kier alpha value is -2.23. The van der Waals surface area contributed by atoms with Gasteiger partial charge in [-0.25, -0.2) is 0 Å². The molecule has 1 aliphatic heterocycles. The Kier molecular flexibility index (Phi) is 4.87. The zero-order chi connectivity index (χ0) is 19.1. The van der Waals surface area contributed by atoms with Crippen LogP contribution in [0.15, 0.2) is 30.5 Å². The summed E-state index contributed by atoms with van der Waals surface area (Å²) >= 11 is 0. The molecule has 2 heterocycles. The fourth-order valence-electron chi connectivity index (χ4n) is 3.14. The van der Waals surface area contributed by atoms with Gasteiger partial charge in [0.1, 0.15) is 6.04 Å². The number of aromatic nitrogens is 2. The van der Waals surface area contributed by atoms with Crippen molar-refractivity contribution in [1.29, 1.82) is 0 Å². The lowest BCUT2D eigenvalue weighted by atomic mass is 10.00. The lowest BCUT2D eigenvalue weighted by Gasteiger charge is -2.36. The fourth-order valence-corrected chi connectivity index (χ4v) is 4.40. The molecule has 1 aromatic carbocycles. The van der Waals surface area contributed by atoms with E-state index in [1.54, 1.807) is 30.1 Å². The molecule has 3 rings (SSSR count). The molecule has 0 spiro atoms. The number of likely N-dealkylation sites (N-methyl/N-ethyl adjacent to an activating group) is 1. The summed E-state index contributed by atoms with van der Waals surface area (Å²) in [5, 5.41) is 7.07. The van der Waals surface area contributed by atoms with Crippen molar-refractivity contribution in [2.45, 2.75) is 32.4 Å². The molecular weight excluding hydrogens is 354 g/mol. The van der Waals surface area contributed by atoms with Crippen molar-refractivity contribution in [2.75, 3.05) is 12.4 Å². The minimum Gasteiger partial charge on any atom is -0.325 e. The summed E-state index contributed by atoms with van der Waals surface area (Å²) < 4.78 is 30.4. The topological polar surface area (TPSA) is 96.3 Å².